The Labute approximate surface area is 380 Å². The van der Waals surface area contributed by atoms with Gasteiger partial charge < -0.3 is 38.9 Å². The minimum absolute atomic E-state index is 0.0471. The van der Waals surface area contributed by atoms with Crippen LogP contribution >= 0.6 is 11.6 Å². The molecule has 3 aromatic rings. The highest BCUT2D eigenvalue weighted by molar-refractivity contribution is 6.36. The molecular weight excluding hydrogens is 840 g/mol. The highest BCUT2D eigenvalue weighted by atomic mass is 35.5. The Kier molecular flexibility index (Phi) is 13.3. The number of oxazole rings is 1. The van der Waals surface area contributed by atoms with E-state index < -0.39 is 40.8 Å². The summed E-state index contributed by atoms with van der Waals surface area (Å²) in [5.74, 6) is -0.387. The first-order chi connectivity index (χ1) is 30.6. The molecule has 5 aliphatic rings. The minimum Gasteiger partial charge on any atom is -0.491 e. The first-order valence-electron chi connectivity index (χ1n) is 22.9. The number of nitrogens with zero attached hydrogens (tertiary/aromatic N) is 4. The van der Waals surface area contributed by atoms with Gasteiger partial charge in [0.15, 0.2) is 5.78 Å². The number of nitrogens with one attached hydrogen (secondary N) is 2. The monoisotopic (exact) mass is 902 g/mol. The average molecular weight is 904 g/mol. The van der Waals surface area contributed by atoms with Gasteiger partial charge in [-0.1, -0.05) is 38.4 Å². The first-order valence-corrected chi connectivity index (χ1v) is 23.3. The molecule has 5 fully saturated rings. The Hall–Kier alpha value is -4.73. The summed E-state index contributed by atoms with van der Waals surface area (Å²) in [6, 6.07) is 4.86. The molecule has 0 bridgehead atoms. The fourth-order valence-corrected chi connectivity index (χ4v) is 10.3. The molecule has 4 heterocycles. The number of halogens is 1. The molecule has 2 aliphatic heterocycles. The molecule has 0 spiro atoms. The molecule has 1 aromatic carbocycles. The lowest BCUT2D eigenvalue weighted by atomic mass is 9.77. The van der Waals surface area contributed by atoms with Crippen molar-refractivity contribution in [3.63, 3.8) is 0 Å². The summed E-state index contributed by atoms with van der Waals surface area (Å²) in [5.41, 5.74) is -0.414. The fraction of sp³-hybridized carbons (Fsp3) is 0.625. The maximum absolute atomic E-state index is 15.0. The number of fused-ring (bicyclic) bond motifs is 2. The van der Waals surface area contributed by atoms with Crippen molar-refractivity contribution in [3.05, 3.63) is 42.1 Å². The predicted molar refractivity (Wildman–Crippen MR) is 241 cm³/mol. The Morgan fingerprint density at radius 1 is 1.05 bits per heavy atom. The molecule has 0 radical (unpaired) electrons. The number of amides is 1. The summed E-state index contributed by atoms with van der Waals surface area (Å²) in [7, 11) is 1.31. The summed E-state index contributed by atoms with van der Waals surface area (Å²) >= 11 is 7.12. The second kappa shape index (κ2) is 18.6. The Bertz CT molecular complexity index is 2240. The number of aromatic nitrogens is 2. The first kappa shape index (κ1) is 45.8. The minimum atomic E-state index is -1.05. The number of ketones is 1. The molecule has 3 saturated carbocycles. The van der Waals surface area contributed by atoms with Crippen molar-refractivity contribution < 1.29 is 42.5 Å². The Morgan fingerprint density at radius 2 is 1.80 bits per heavy atom. The number of anilines is 1. The van der Waals surface area contributed by atoms with Crippen LogP contribution in [-0.2, 0) is 28.7 Å². The number of piperazine rings is 1. The maximum Gasteiger partial charge on any atom is 0.312 e. The van der Waals surface area contributed by atoms with E-state index in [9.17, 15) is 19.2 Å². The van der Waals surface area contributed by atoms with Gasteiger partial charge in [-0.05, 0) is 74.8 Å². The van der Waals surface area contributed by atoms with E-state index in [-0.39, 0.29) is 55.6 Å². The van der Waals surface area contributed by atoms with Crippen LogP contribution in [0.1, 0.15) is 79.6 Å². The molecule has 8 rings (SSSR count). The Balaban J connectivity index is 1.10. The van der Waals surface area contributed by atoms with Crippen molar-refractivity contribution in [1.82, 2.24) is 25.1 Å². The van der Waals surface area contributed by atoms with Crippen LogP contribution in [-0.4, -0.2) is 121 Å². The van der Waals surface area contributed by atoms with Crippen LogP contribution in [0.25, 0.3) is 22.3 Å². The lowest BCUT2D eigenvalue weighted by molar-refractivity contribution is -0.157. The van der Waals surface area contributed by atoms with Crippen LogP contribution in [0.5, 0.6) is 11.5 Å². The number of hydrogen-bond donors (Lipinski definition) is 2. The average Bonchev–Trinajstić information content (AvgIpc) is 3.92. The zero-order valence-electron chi connectivity index (χ0n) is 38.0. The molecule has 3 aliphatic carbocycles. The predicted octanol–water partition coefficient (Wildman–Crippen LogP) is 6.71. The van der Waals surface area contributed by atoms with Gasteiger partial charge >= 0.3 is 11.9 Å². The zero-order valence-corrected chi connectivity index (χ0v) is 38.7. The molecule has 8 atom stereocenters. The van der Waals surface area contributed by atoms with Crippen LogP contribution in [0.3, 0.4) is 0 Å². The molecule has 2 saturated heterocycles. The molecule has 2 N–H and O–H groups in total. The van der Waals surface area contributed by atoms with Gasteiger partial charge in [0.1, 0.15) is 47.3 Å². The SMILES string of the molecule is C=C[C@@H]1C[C@]1(CC(=O)[C@@H]1C[C@@H](Oc2cc(-c3coc(NC(C)C)n3)nc3c(Cl)c(OCCN4CCNCC4)ccc23)CN1C(=O)[C@@H](CC(=O)OC1C[C@@H]2C[C@@H]2C1)C(C)(C)C)C(=O)OC. The van der Waals surface area contributed by atoms with E-state index in [4.69, 9.17) is 39.9 Å². The standard InChI is InChI=1S/C48H63ClN6O9/c1-8-30-23-48(30,45(59)60-7)24-38(56)37-20-32(25-55(37)44(58)34(47(4,5)6)21-41(57)64-31-18-28-17-29(28)19-31)63-40-22-35(36-26-62-46(53-36)51-27(2)3)52-43-33(40)9-10-39(42(43)49)61-16-15-54-13-11-50-12-14-54/h8-10,22,26-32,34,37,50H,1,11-21,23-25H2,2-7H3,(H,51,53)/t28-,29+,30-,31?,32-,34-,37+,48-/m1/s1. The van der Waals surface area contributed by atoms with Gasteiger partial charge in [0.05, 0.1) is 48.7 Å². The third kappa shape index (κ3) is 9.91. The lowest BCUT2D eigenvalue weighted by Crippen LogP contribution is -2.48. The van der Waals surface area contributed by atoms with Crippen molar-refractivity contribution >= 4 is 52.1 Å². The normalized spacial score (nSPS) is 26.9. The lowest BCUT2D eigenvalue weighted by Gasteiger charge is -2.35. The molecule has 1 unspecified atom stereocenters. The van der Waals surface area contributed by atoms with Crippen LogP contribution in [0.15, 0.2) is 41.5 Å². The van der Waals surface area contributed by atoms with Gasteiger partial charge in [-0.3, -0.25) is 24.1 Å². The van der Waals surface area contributed by atoms with E-state index in [1.807, 2.05) is 40.7 Å². The number of likely N-dealkylation sites (tertiary alicyclic amines) is 1. The van der Waals surface area contributed by atoms with E-state index >= 15 is 0 Å². The number of ether oxygens (including phenoxy) is 4. The van der Waals surface area contributed by atoms with Crippen molar-refractivity contribution in [2.75, 3.05) is 58.3 Å². The molecular formula is C48H63ClN6O9. The van der Waals surface area contributed by atoms with Crippen LogP contribution in [0.2, 0.25) is 5.02 Å². The van der Waals surface area contributed by atoms with Crippen molar-refractivity contribution in [3.8, 4) is 22.9 Å². The largest absolute Gasteiger partial charge is 0.491 e. The third-order valence-corrected chi connectivity index (χ3v) is 14.2. The van der Waals surface area contributed by atoms with Crippen molar-refractivity contribution in [2.45, 2.75) is 104 Å². The smallest absolute Gasteiger partial charge is 0.312 e. The van der Waals surface area contributed by atoms with E-state index in [1.54, 1.807) is 23.1 Å². The second-order valence-electron chi connectivity index (χ2n) is 19.8. The summed E-state index contributed by atoms with van der Waals surface area (Å²) in [6.45, 7) is 18.6. The van der Waals surface area contributed by atoms with Gasteiger partial charge in [-0.15, -0.1) is 6.58 Å². The molecule has 64 heavy (non-hydrogen) atoms. The number of carbonyl (C=O) groups is 4. The van der Waals surface area contributed by atoms with E-state index in [0.29, 0.717) is 69.7 Å². The number of pyridine rings is 1. The number of hydrogen-bond acceptors (Lipinski definition) is 14. The summed E-state index contributed by atoms with van der Waals surface area (Å²) in [5, 5.41) is 7.43. The van der Waals surface area contributed by atoms with Crippen molar-refractivity contribution in [1.29, 1.82) is 0 Å². The van der Waals surface area contributed by atoms with Gasteiger partial charge in [0.25, 0.3) is 6.01 Å². The van der Waals surface area contributed by atoms with Gasteiger partial charge in [0.2, 0.25) is 5.91 Å². The molecule has 2 aromatic heterocycles. The molecule has 15 nitrogen and oxygen atoms in total. The summed E-state index contributed by atoms with van der Waals surface area (Å²) < 4.78 is 29.9. The van der Waals surface area contributed by atoms with E-state index in [1.165, 1.54) is 19.8 Å². The second-order valence-corrected chi connectivity index (χ2v) is 20.2. The fourth-order valence-electron chi connectivity index (χ4n) is 9.99. The number of Topliss-reactive ketones (excluding diaryl/α,β-unsaturated/α-hetero) is 1. The highest BCUT2D eigenvalue weighted by Gasteiger charge is 2.61. The van der Waals surface area contributed by atoms with Crippen molar-refractivity contribution in [2.24, 2.45) is 34.5 Å². The van der Waals surface area contributed by atoms with Crippen LogP contribution in [0, 0.1) is 34.5 Å². The molecule has 16 heteroatoms. The topological polar surface area (TPSA) is 175 Å². The molecule has 1 amide bonds. The molecule has 346 valence electrons. The number of benzene rings is 1. The van der Waals surface area contributed by atoms with E-state index in [2.05, 4.69) is 27.1 Å². The van der Waals surface area contributed by atoms with E-state index in [0.717, 1.165) is 45.6 Å². The number of allylic oxidation sites excluding steroid dienone is 1. The number of esters is 2. The summed E-state index contributed by atoms with van der Waals surface area (Å²) in [4.78, 5) is 69.7. The zero-order chi connectivity index (χ0) is 45.5. The van der Waals surface area contributed by atoms with Gasteiger partial charge in [0, 0.05) is 63.1 Å². The van der Waals surface area contributed by atoms with Gasteiger partial charge in [-0.25, -0.2) is 4.98 Å². The third-order valence-electron chi connectivity index (χ3n) is 13.8. The maximum atomic E-state index is 15.0. The number of carbonyl (C=O) groups excluding carboxylic acids is 4. The Morgan fingerprint density at radius 3 is 2.47 bits per heavy atom. The number of rotatable bonds is 18. The number of methoxy groups -OCH3 is 1. The van der Waals surface area contributed by atoms with Crippen LogP contribution < -0.4 is 20.1 Å². The van der Waals surface area contributed by atoms with Crippen LogP contribution in [0.4, 0.5) is 6.01 Å². The quantitative estimate of drug-likeness (QED) is 0.102. The van der Waals surface area contributed by atoms with Gasteiger partial charge in [-0.2, -0.15) is 4.98 Å². The summed E-state index contributed by atoms with van der Waals surface area (Å²) in [6.07, 6.45) is 5.64. The highest BCUT2D eigenvalue weighted by Crippen LogP contribution is 2.57.